The standard InChI is InChI=1S/C62H74FN11O6S/c1-7-40-9-8-10-43-22-46(75)23-48(54(40)43)56-55(63)57-49(26-64-56)59(73-29-44-15-16-45(30-73)67-44)69-62(68-57)79-32-35(4)71-19-17-38(18-20-71)21-39-27-72(28-39)52-25-51(80-70-52)53(34(2)3)61(78)74-31-47(76)24-50(74)60(77)66-36(5)41-11-13-42(14-12-41)58-37(6)65-33-81-58/h8-14,22-23,25-26,33-36,38-39,44-45,47,50,53,67,75-76H,7,15-21,24,27-32H2,1-6H3,(H,66,77)/t35-,36-,44?,45?,47+,50-,53-/m0/s1. The number of carbonyl (C=O) groups is 2. The summed E-state index contributed by atoms with van der Waals surface area (Å²) < 4.78 is 29.6. The summed E-state index contributed by atoms with van der Waals surface area (Å²) in [5.74, 6) is 1.01. The third kappa shape index (κ3) is 11.1. The van der Waals surface area contributed by atoms with Crippen molar-refractivity contribution in [1.82, 2.24) is 45.5 Å². The molecule has 2 amide bonds. The fourth-order valence-electron chi connectivity index (χ4n) is 13.5. The summed E-state index contributed by atoms with van der Waals surface area (Å²) in [5.41, 5.74) is 6.68. The van der Waals surface area contributed by atoms with Crippen molar-refractivity contribution in [3.05, 3.63) is 101 Å². The zero-order valence-corrected chi connectivity index (χ0v) is 48.0. The number of amides is 2. The van der Waals surface area contributed by atoms with Crippen LogP contribution in [0.3, 0.4) is 0 Å². The number of hydrogen-bond acceptors (Lipinski definition) is 16. The number of thiazole rings is 1. The third-order valence-corrected chi connectivity index (χ3v) is 18.9. The monoisotopic (exact) mass is 1120 g/mol. The van der Waals surface area contributed by atoms with E-state index >= 15 is 4.39 Å². The van der Waals surface area contributed by atoms with Crippen molar-refractivity contribution >= 4 is 56.5 Å². The molecule has 5 aliphatic rings. The van der Waals surface area contributed by atoms with Crippen LogP contribution in [0.5, 0.6) is 11.8 Å². The number of pyridine rings is 1. The highest BCUT2D eigenvalue weighted by Crippen LogP contribution is 2.41. The molecular weight excluding hydrogens is 1050 g/mol. The molecule has 0 spiro atoms. The van der Waals surface area contributed by atoms with E-state index in [1.165, 1.54) is 4.90 Å². The van der Waals surface area contributed by atoms with Crippen LogP contribution in [-0.2, 0) is 16.0 Å². The second kappa shape index (κ2) is 22.9. The summed E-state index contributed by atoms with van der Waals surface area (Å²) >= 11 is 1.59. The Morgan fingerprint density at radius 1 is 0.926 bits per heavy atom. The molecular formula is C62H74FN11O6S. The second-order valence-corrected chi connectivity index (χ2v) is 24.7. The molecule has 5 fully saturated rings. The Balaban J connectivity index is 0.649. The first-order chi connectivity index (χ1) is 39.2. The number of hydrogen-bond donors (Lipinski definition) is 4. The Labute approximate surface area is 476 Å². The number of benzene rings is 3. The third-order valence-electron chi connectivity index (χ3n) is 17.9. The van der Waals surface area contributed by atoms with Crippen molar-refractivity contribution in [3.63, 3.8) is 0 Å². The fraction of sp³-hybridized carbons (Fsp3) is 0.500. The number of piperazine rings is 1. The minimum atomic E-state index is -0.817. The maximum Gasteiger partial charge on any atom is 0.319 e. The molecule has 7 aromatic rings. The highest BCUT2D eigenvalue weighted by atomic mass is 32.1. The number of aryl methyl sites for hydroxylation is 2. The van der Waals surface area contributed by atoms with E-state index in [9.17, 15) is 19.8 Å². The smallest absolute Gasteiger partial charge is 0.319 e. The first-order valence-electron chi connectivity index (χ1n) is 29.2. The molecule has 2 bridgehead atoms. The van der Waals surface area contributed by atoms with Crippen molar-refractivity contribution in [2.45, 2.75) is 129 Å². The number of likely N-dealkylation sites (tertiary alicyclic amines) is 2. The maximum atomic E-state index is 17.2. The van der Waals surface area contributed by atoms with Crippen molar-refractivity contribution in [1.29, 1.82) is 0 Å². The normalized spacial score (nSPS) is 22.0. The first kappa shape index (κ1) is 54.8. The molecule has 426 valence electrons. The van der Waals surface area contributed by atoms with Gasteiger partial charge in [0, 0.05) is 75.1 Å². The van der Waals surface area contributed by atoms with Crippen LogP contribution in [0.4, 0.5) is 16.0 Å². The van der Waals surface area contributed by atoms with Crippen LogP contribution in [0.2, 0.25) is 0 Å². The molecule has 17 nitrogen and oxygen atoms in total. The SMILES string of the molecule is CCc1cccc2cc(O)cc(-c3ncc4c(N5CC6CCC(C5)N6)nc(OC[C@H](C)N5CCC(CC6CN(c7cc([C@@H](C(=O)N8C[C@H](O)C[C@H]8C(=O)N[C@@H](C)c8ccc(-c9scnc9C)cc8)C(C)C)on7)C6)CC5)nc4c3F)c12. The summed E-state index contributed by atoms with van der Waals surface area (Å²) in [7, 11) is 0. The maximum absolute atomic E-state index is 17.2. The van der Waals surface area contributed by atoms with E-state index in [1.807, 2.05) is 81.7 Å². The summed E-state index contributed by atoms with van der Waals surface area (Å²) in [6.45, 7) is 17.6. The quantitative estimate of drug-likeness (QED) is 0.0673. The Morgan fingerprint density at radius 2 is 1.69 bits per heavy atom. The number of aliphatic hydroxyl groups is 1. The van der Waals surface area contributed by atoms with Gasteiger partial charge in [-0.25, -0.2) is 9.37 Å². The lowest BCUT2D eigenvalue weighted by Crippen LogP contribution is -2.51. The van der Waals surface area contributed by atoms with E-state index < -0.39 is 23.9 Å². The summed E-state index contributed by atoms with van der Waals surface area (Å²) in [5, 5.41) is 35.1. The van der Waals surface area contributed by atoms with Crippen LogP contribution in [0.25, 0.3) is 43.4 Å². The van der Waals surface area contributed by atoms with E-state index in [1.54, 1.807) is 29.7 Å². The number of halogens is 1. The van der Waals surface area contributed by atoms with Crippen molar-refractivity contribution < 1.29 is 33.5 Å². The Hall–Kier alpha value is -6.80. The van der Waals surface area contributed by atoms with Crippen LogP contribution >= 0.6 is 11.3 Å². The summed E-state index contributed by atoms with van der Waals surface area (Å²) in [4.78, 5) is 56.7. The van der Waals surface area contributed by atoms with Gasteiger partial charge >= 0.3 is 6.01 Å². The predicted molar refractivity (Wildman–Crippen MR) is 312 cm³/mol. The van der Waals surface area contributed by atoms with E-state index in [-0.39, 0.29) is 65.8 Å². The number of ether oxygens (including phenoxy) is 1. The number of fused-ring (bicyclic) bond motifs is 4. The number of β-amino-alcohol motifs (C(OH)–C–C–N with tert-alkyl or cyclic N) is 1. The van der Waals surface area contributed by atoms with Gasteiger partial charge in [0.25, 0.3) is 0 Å². The number of aromatic hydroxyl groups is 1. The molecule has 7 atom stereocenters. The number of aromatic nitrogens is 5. The molecule has 81 heavy (non-hydrogen) atoms. The zero-order chi connectivity index (χ0) is 56.2. The lowest BCUT2D eigenvalue weighted by Gasteiger charge is -2.43. The molecule has 5 saturated heterocycles. The molecule has 2 unspecified atom stereocenters. The lowest BCUT2D eigenvalue weighted by atomic mass is 9.83. The minimum Gasteiger partial charge on any atom is -0.508 e. The highest BCUT2D eigenvalue weighted by molar-refractivity contribution is 7.13. The van der Waals surface area contributed by atoms with Gasteiger partial charge in [-0.05, 0) is 130 Å². The lowest BCUT2D eigenvalue weighted by molar-refractivity contribution is -0.141. The number of anilines is 2. The number of phenolic OH excluding ortho intramolecular Hbond substituents is 1. The van der Waals surface area contributed by atoms with Gasteiger partial charge in [-0.2, -0.15) is 9.97 Å². The summed E-state index contributed by atoms with van der Waals surface area (Å²) in [6.07, 6.45) is 7.20. The van der Waals surface area contributed by atoms with Crippen LogP contribution in [0, 0.1) is 30.5 Å². The average molecular weight is 1120 g/mol. The van der Waals surface area contributed by atoms with Gasteiger partial charge < -0.3 is 44.8 Å². The number of nitrogens with zero attached hydrogens (tertiary/aromatic N) is 9. The number of nitrogens with one attached hydrogen (secondary N) is 2. The van der Waals surface area contributed by atoms with Gasteiger partial charge in [-0.15, -0.1) is 11.3 Å². The minimum absolute atomic E-state index is 0.0429. The number of phenols is 1. The van der Waals surface area contributed by atoms with E-state index in [0.29, 0.717) is 58.9 Å². The van der Waals surface area contributed by atoms with Crippen LogP contribution in [-0.4, -0.2) is 140 Å². The largest absolute Gasteiger partial charge is 0.508 e. The topological polar surface area (TPSA) is 198 Å². The van der Waals surface area contributed by atoms with Gasteiger partial charge in [0.05, 0.1) is 33.6 Å². The van der Waals surface area contributed by atoms with Crippen LogP contribution in [0.15, 0.2) is 76.9 Å². The number of rotatable bonds is 17. The Kier molecular flexibility index (Phi) is 15.5. The van der Waals surface area contributed by atoms with Crippen LogP contribution in [0.1, 0.15) is 108 Å². The molecule has 0 radical (unpaired) electrons. The molecule has 4 aromatic heterocycles. The van der Waals surface area contributed by atoms with Gasteiger partial charge in [0.1, 0.15) is 41.3 Å². The Bertz CT molecular complexity index is 3420. The first-order valence-corrected chi connectivity index (χ1v) is 30.0. The average Bonchev–Trinajstić information content (AvgIpc) is 4.49. The molecule has 12 rings (SSSR count). The van der Waals surface area contributed by atoms with Gasteiger partial charge in [-0.1, -0.05) is 68.4 Å². The van der Waals surface area contributed by atoms with Crippen molar-refractivity contribution in [2.24, 2.45) is 17.8 Å². The second-order valence-electron chi connectivity index (χ2n) is 23.9. The predicted octanol–water partition coefficient (Wildman–Crippen LogP) is 9.20. The molecule has 19 heteroatoms. The molecule has 0 aliphatic carbocycles. The van der Waals surface area contributed by atoms with E-state index in [4.69, 9.17) is 24.2 Å². The molecule has 9 heterocycles. The van der Waals surface area contributed by atoms with Gasteiger partial charge in [-0.3, -0.25) is 19.5 Å². The van der Waals surface area contributed by atoms with Crippen LogP contribution < -0.4 is 25.2 Å². The zero-order valence-electron chi connectivity index (χ0n) is 47.1. The van der Waals surface area contributed by atoms with Gasteiger partial charge in [0.15, 0.2) is 17.4 Å². The molecule has 3 aromatic carbocycles. The van der Waals surface area contributed by atoms with E-state index in [0.717, 1.165) is 116 Å². The number of piperidine rings is 1. The molecule has 0 saturated carbocycles. The van der Waals surface area contributed by atoms with E-state index in [2.05, 4.69) is 49.3 Å². The Morgan fingerprint density at radius 3 is 2.41 bits per heavy atom. The number of aliphatic hydroxyl groups excluding tert-OH is 1. The van der Waals surface area contributed by atoms with Gasteiger partial charge in [0.2, 0.25) is 11.8 Å². The van der Waals surface area contributed by atoms with Crippen molar-refractivity contribution in [3.8, 4) is 33.5 Å². The fourth-order valence-corrected chi connectivity index (χ4v) is 14.3. The highest BCUT2D eigenvalue weighted by Gasteiger charge is 2.44. The molecule has 5 aliphatic heterocycles. The number of carbonyl (C=O) groups excluding carboxylic acids is 2. The molecule has 4 N–H and O–H groups in total. The van der Waals surface area contributed by atoms with Crippen molar-refractivity contribution in [2.75, 3.05) is 62.2 Å². The summed E-state index contributed by atoms with van der Waals surface area (Å²) in [6, 6.07) is 18.9.